The fourth-order valence-electron chi connectivity index (χ4n) is 3.50. The number of methoxy groups -OCH3 is 1. The molecule has 1 aliphatic rings. The number of fused-ring (bicyclic) bond motifs is 1. The lowest BCUT2D eigenvalue weighted by Crippen LogP contribution is -2.58. The molecule has 1 heterocycles. The molecule has 0 saturated heterocycles. The third kappa shape index (κ3) is 2.43. The molecule has 3 rings (SSSR count). The SMILES string of the molecule is COc1ccc2c(c1)c[n+](C1CCCCC1C)c(=O)n2C. The van der Waals surface area contributed by atoms with Crippen LogP contribution >= 0.6 is 0 Å². The average molecular weight is 287 g/mol. The Hall–Kier alpha value is -1.84. The van der Waals surface area contributed by atoms with Gasteiger partial charge in [0, 0.05) is 0 Å². The van der Waals surface area contributed by atoms with Crippen LogP contribution in [0, 0.1) is 5.92 Å². The highest BCUT2D eigenvalue weighted by atomic mass is 16.5. The van der Waals surface area contributed by atoms with E-state index in [0.717, 1.165) is 23.1 Å². The maximum Gasteiger partial charge on any atom is 0.498 e. The number of aromatic nitrogens is 2. The van der Waals surface area contributed by atoms with Gasteiger partial charge in [0.2, 0.25) is 0 Å². The lowest BCUT2D eigenvalue weighted by atomic mass is 9.86. The maximum atomic E-state index is 12.7. The number of ether oxygens (including phenoxy) is 1. The highest BCUT2D eigenvalue weighted by molar-refractivity contribution is 5.78. The van der Waals surface area contributed by atoms with E-state index >= 15 is 0 Å². The second-order valence-corrected chi connectivity index (χ2v) is 6.13. The van der Waals surface area contributed by atoms with Crippen LogP contribution in [-0.2, 0) is 7.05 Å². The molecule has 2 atom stereocenters. The molecule has 0 spiro atoms. The van der Waals surface area contributed by atoms with Gasteiger partial charge in [-0.25, -0.2) is 0 Å². The lowest BCUT2D eigenvalue weighted by Gasteiger charge is -2.26. The van der Waals surface area contributed by atoms with Gasteiger partial charge < -0.3 is 4.74 Å². The van der Waals surface area contributed by atoms with Gasteiger partial charge in [-0.3, -0.25) is 0 Å². The Balaban J connectivity index is 2.18. The van der Waals surface area contributed by atoms with Gasteiger partial charge in [-0.2, -0.15) is 13.9 Å². The molecule has 0 bridgehead atoms. The van der Waals surface area contributed by atoms with Crippen molar-refractivity contribution >= 4 is 10.9 Å². The maximum absolute atomic E-state index is 12.7. The summed E-state index contributed by atoms with van der Waals surface area (Å²) < 4.78 is 8.98. The average Bonchev–Trinajstić information content (AvgIpc) is 2.51. The quantitative estimate of drug-likeness (QED) is 0.796. The summed E-state index contributed by atoms with van der Waals surface area (Å²) in [6.07, 6.45) is 6.79. The summed E-state index contributed by atoms with van der Waals surface area (Å²) in [5, 5.41) is 1.05. The van der Waals surface area contributed by atoms with Crippen molar-refractivity contribution in [3.63, 3.8) is 0 Å². The van der Waals surface area contributed by atoms with Crippen molar-refractivity contribution in [2.24, 2.45) is 13.0 Å². The van der Waals surface area contributed by atoms with Crippen LogP contribution in [-0.4, -0.2) is 11.7 Å². The van der Waals surface area contributed by atoms with E-state index in [2.05, 4.69) is 6.92 Å². The standard InChI is InChI=1S/C17H23N2O2/c1-12-6-4-5-7-15(12)19-11-13-10-14(21-3)8-9-16(13)18(2)17(19)20/h8-12,15H,4-7H2,1-3H3/q+1. The molecule has 4 nitrogen and oxygen atoms in total. The molecular formula is C17H23N2O2+. The molecule has 0 N–H and O–H groups in total. The monoisotopic (exact) mass is 287 g/mol. The van der Waals surface area contributed by atoms with Crippen molar-refractivity contribution < 1.29 is 9.30 Å². The third-order valence-electron chi connectivity index (χ3n) is 4.81. The Labute approximate surface area is 125 Å². The Morgan fingerprint density at radius 3 is 2.76 bits per heavy atom. The summed E-state index contributed by atoms with van der Waals surface area (Å²) in [5.41, 5.74) is 1.02. The van der Waals surface area contributed by atoms with E-state index in [4.69, 9.17) is 4.74 Å². The second-order valence-electron chi connectivity index (χ2n) is 6.13. The fourth-order valence-corrected chi connectivity index (χ4v) is 3.50. The third-order valence-corrected chi connectivity index (χ3v) is 4.81. The zero-order chi connectivity index (χ0) is 15.0. The summed E-state index contributed by atoms with van der Waals surface area (Å²) in [6, 6.07) is 6.16. The minimum atomic E-state index is 0.0754. The van der Waals surface area contributed by atoms with E-state index in [1.165, 1.54) is 19.3 Å². The molecule has 0 radical (unpaired) electrons. The van der Waals surface area contributed by atoms with Gasteiger partial charge in [0.25, 0.3) is 0 Å². The fraction of sp³-hybridized carbons (Fsp3) is 0.529. The van der Waals surface area contributed by atoms with Crippen molar-refractivity contribution in [1.82, 2.24) is 4.57 Å². The Bertz CT molecular complexity index is 721. The summed E-state index contributed by atoms with van der Waals surface area (Å²) in [7, 11) is 3.52. The largest absolute Gasteiger partial charge is 0.498 e. The second kappa shape index (κ2) is 5.51. The molecule has 1 aliphatic carbocycles. The van der Waals surface area contributed by atoms with Crippen molar-refractivity contribution in [1.29, 1.82) is 0 Å². The van der Waals surface area contributed by atoms with Crippen LogP contribution in [0.25, 0.3) is 10.9 Å². The minimum Gasteiger partial charge on any atom is -0.497 e. The van der Waals surface area contributed by atoms with E-state index < -0.39 is 0 Å². The van der Waals surface area contributed by atoms with Crippen LogP contribution in [0.4, 0.5) is 0 Å². The highest BCUT2D eigenvalue weighted by Gasteiger charge is 2.29. The van der Waals surface area contributed by atoms with Crippen LogP contribution in [0.2, 0.25) is 0 Å². The number of nitrogens with zero attached hydrogens (tertiary/aromatic N) is 2. The summed E-state index contributed by atoms with van der Waals surface area (Å²) in [6.45, 7) is 2.26. The van der Waals surface area contributed by atoms with Crippen LogP contribution in [0.3, 0.4) is 0 Å². The predicted octanol–water partition coefficient (Wildman–Crippen LogP) is 2.59. The van der Waals surface area contributed by atoms with Gasteiger partial charge >= 0.3 is 5.69 Å². The van der Waals surface area contributed by atoms with Crippen molar-refractivity contribution in [2.45, 2.75) is 38.6 Å². The molecule has 0 aliphatic heterocycles. The smallest absolute Gasteiger partial charge is 0.497 e. The first kappa shape index (κ1) is 14.1. The van der Waals surface area contributed by atoms with Crippen molar-refractivity contribution in [2.75, 3.05) is 7.11 Å². The normalized spacial score (nSPS) is 22.4. The predicted molar refractivity (Wildman–Crippen MR) is 82.6 cm³/mol. The zero-order valence-electron chi connectivity index (χ0n) is 13.0. The van der Waals surface area contributed by atoms with Gasteiger partial charge in [0.1, 0.15) is 23.5 Å². The molecule has 1 fully saturated rings. The molecule has 2 aromatic rings. The van der Waals surface area contributed by atoms with Crippen LogP contribution in [0.15, 0.2) is 29.2 Å². The molecule has 0 amide bonds. The van der Waals surface area contributed by atoms with Gasteiger partial charge in [-0.05, 0) is 43.4 Å². The number of hydrogen-bond acceptors (Lipinski definition) is 2. The first-order chi connectivity index (χ1) is 10.1. The highest BCUT2D eigenvalue weighted by Crippen LogP contribution is 2.29. The first-order valence-corrected chi connectivity index (χ1v) is 7.70. The Kier molecular flexibility index (Phi) is 3.70. The van der Waals surface area contributed by atoms with Crippen LogP contribution < -0.4 is 15.0 Å². The number of aryl methyl sites for hydroxylation is 1. The number of rotatable bonds is 2. The Morgan fingerprint density at radius 2 is 2.05 bits per heavy atom. The molecule has 2 unspecified atom stereocenters. The summed E-state index contributed by atoms with van der Waals surface area (Å²) in [4.78, 5) is 12.7. The molecule has 1 saturated carbocycles. The molecule has 1 aromatic heterocycles. The lowest BCUT2D eigenvalue weighted by molar-refractivity contribution is -0.747. The van der Waals surface area contributed by atoms with Crippen LogP contribution in [0.1, 0.15) is 38.6 Å². The molecule has 1 aromatic carbocycles. The summed E-state index contributed by atoms with van der Waals surface area (Å²) >= 11 is 0. The van der Waals surface area contributed by atoms with Crippen molar-refractivity contribution in [3.8, 4) is 5.75 Å². The molecule has 21 heavy (non-hydrogen) atoms. The zero-order valence-corrected chi connectivity index (χ0v) is 13.0. The number of benzene rings is 1. The topological polar surface area (TPSA) is 35.1 Å². The van der Waals surface area contributed by atoms with Crippen LogP contribution in [0.5, 0.6) is 5.75 Å². The number of hydrogen-bond donors (Lipinski definition) is 0. The molecular weight excluding hydrogens is 264 g/mol. The first-order valence-electron chi connectivity index (χ1n) is 7.70. The Morgan fingerprint density at radius 1 is 1.29 bits per heavy atom. The minimum absolute atomic E-state index is 0.0754. The van der Waals surface area contributed by atoms with Gasteiger partial charge in [0.05, 0.1) is 19.5 Å². The summed E-state index contributed by atoms with van der Waals surface area (Å²) in [5.74, 6) is 1.38. The molecule has 4 heteroatoms. The van der Waals surface area contributed by atoms with Gasteiger partial charge in [-0.15, -0.1) is 0 Å². The molecule has 112 valence electrons. The van der Waals surface area contributed by atoms with E-state index in [9.17, 15) is 4.79 Å². The van der Waals surface area contributed by atoms with E-state index in [-0.39, 0.29) is 5.69 Å². The van der Waals surface area contributed by atoms with E-state index in [1.807, 2.05) is 36.0 Å². The van der Waals surface area contributed by atoms with Gasteiger partial charge in [0.15, 0.2) is 0 Å². The van der Waals surface area contributed by atoms with E-state index in [1.54, 1.807) is 11.7 Å². The van der Waals surface area contributed by atoms with Gasteiger partial charge in [-0.1, -0.05) is 13.3 Å². The van der Waals surface area contributed by atoms with Crippen molar-refractivity contribution in [3.05, 3.63) is 34.9 Å². The van der Waals surface area contributed by atoms with E-state index in [0.29, 0.717) is 12.0 Å².